The molecule has 0 saturated carbocycles. The molecule has 0 heterocycles. The minimum Gasteiger partial charge on any atom is -0.0622 e. The van der Waals surface area contributed by atoms with Crippen LogP contribution in [0.1, 0.15) is 0 Å². The van der Waals surface area contributed by atoms with Crippen molar-refractivity contribution in [2.24, 2.45) is 0 Å². The highest BCUT2D eigenvalue weighted by molar-refractivity contribution is 8.18. The Hall–Kier alpha value is -4.52. The minimum atomic E-state index is -1.07. The van der Waals surface area contributed by atoms with Gasteiger partial charge in [0.1, 0.15) is 0 Å². The first-order chi connectivity index (χ1) is 26.4. The number of benzene rings is 8. The Kier molecular flexibility index (Phi) is 11.4. The molecule has 8 aromatic rings. The Bertz CT molecular complexity index is 1780. The lowest BCUT2D eigenvalue weighted by atomic mass is 10.4. The minimum absolute atomic E-state index is 0.341. The van der Waals surface area contributed by atoms with Gasteiger partial charge in [0.2, 0.25) is 0 Å². The van der Waals surface area contributed by atoms with E-state index in [0.717, 1.165) is 0 Å². The van der Waals surface area contributed by atoms with Gasteiger partial charge in [0.25, 0.3) is 0 Å². The first-order valence-corrected chi connectivity index (χ1v) is 23.3. The molecule has 8 rings (SSSR count). The standard InChI is InChI=1S/C49H40P4/c1-9-25-41(26-10-1)50(42-27-11-2-12-28-42)49(51(43-29-13-3-14-30-43)44-31-15-4-16-32-44,52(45-33-17-5-18-34-45)46-35-19-6-20-36-46)53(47-37-21-7-22-38-47)48-39-23-8-24-40-48/h1-40H. The fourth-order valence-corrected chi connectivity index (χ4v) is 28.0. The summed E-state index contributed by atoms with van der Waals surface area (Å²) in [5.41, 5.74) is 0. The second-order valence-corrected chi connectivity index (χ2v) is 24.2. The van der Waals surface area contributed by atoms with Gasteiger partial charge >= 0.3 is 0 Å². The molecule has 53 heavy (non-hydrogen) atoms. The van der Waals surface area contributed by atoms with Gasteiger partial charge in [-0.3, -0.25) is 0 Å². The number of hydrogen-bond donors (Lipinski definition) is 0. The summed E-state index contributed by atoms with van der Waals surface area (Å²) in [7, 11) is -4.29. The van der Waals surface area contributed by atoms with Crippen LogP contribution in [-0.4, -0.2) is 4.38 Å². The summed E-state index contributed by atoms with van der Waals surface area (Å²) in [5.74, 6) is 0. The SMILES string of the molecule is c1ccc(P(c2ccccc2)C(P(c2ccccc2)c2ccccc2)(P(c2ccccc2)c2ccccc2)P(c2ccccc2)c2ccccc2)cc1. The predicted molar refractivity (Wildman–Crippen MR) is 239 cm³/mol. The second-order valence-electron chi connectivity index (χ2n) is 12.6. The zero-order chi connectivity index (χ0) is 35.7. The van der Waals surface area contributed by atoms with Gasteiger partial charge in [-0.15, -0.1) is 0 Å². The van der Waals surface area contributed by atoms with Crippen molar-refractivity contribution in [3.05, 3.63) is 243 Å². The molecule has 0 aromatic heterocycles. The van der Waals surface area contributed by atoms with E-state index in [4.69, 9.17) is 0 Å². The Labute approximate surface area is 319 Å². The van der Waals surface area contributed by atoms with Crippen molar-refractivity contribution < 1.29 is 0 Å². The molecule has 4 heteroatoms. The van der Waals surface area contributed by atoms with Gasteiger partial charge < -0.3 is 0 Å². The molecule has 256 valence electrons. The van der Waals surface area contributed by atoms with Crippen LogP contribution in [0.25, 0.3) is 0 Å². The molecule has 0 aliphatic heterocycles. The number of rotatable bonds is 12. The maximum absolute atomic E-state index is 2.42. The van der Waals surface area contributed by atoms with Gasteiger partial charge in [-0.05, 0) is 74.1 Å². The van der Waals surface area contributed by atoms with Gasteiger partial charge in [0, 0.05) is 0 Å². The van der Waals surface area contributed by atoms with Crippen LogP contribution in [0.3, 0.4) is 0 Å². The first-order valence-electron chi connectivity index (χ1n) is 18.0. The van der Waals surface area contributed by atoms with Crippen LogP contribution < -0.4 is 42.4 Å². The summed E-state index contributed by atoms with van der Waals surface area (Å²) >= 11 is 0. The lowest BCUT2D eigenvalue weighted by molar-refractivity contribution is 1.61. The molecule has 0 N–H and O–H groups in total. The molecule has 0 radical (unpaired) electrons. The maximum atomic E-state index is 2.42. The van der Waals surface area contributed by atoms with Gasteiger partial charge in [-0.1, -0.05) is 243 Å². The van der Waals surface area contributed by atoms with Gasteiger partial charge in [-0.2, -0.15) is 0 Å². The van der Waals surface area contributed by atoms with Crippen LogP contribution in [0, 0.1) is 0 Å². The smallest absolute Gasteiger partial charge is 0.0622 e. The monoisotopic (exact) mass is 752 g/mol. The van der Waals surface area contributed by atoms with Crippen molar-refractivity contribution in [2.45, 2.75) is 4.38 Å². The van der Waals surface area contributed by atoms with Crippen LogP contribution >= 0.6 is 31.7 Å². The highest BCUT2D eigenvalue weighted by Gasteiger charge is 2.59. The zero-order valence-electron chi connectivity index (χ0n) is 29.4. The van der Waals surface area contributed by atoms with Crippen molar-refractivity contribution in [1.82, 2.24) is 0 Å². The Balaban J connectivity index is 1.67. The molecular formula is C49H40P4. The fourth-order valence-electron chi connectivity index (χ4n) is 7.20. The molecule has 0 atom stereocenters. The third-order valence-electron chi connectivity index (χ3n) is 9.32. The van der Waals surface area contributed by atoms with Gasteiger partial charge in [0.15, 0.2) is 0 Å². The highest BCUT2D eigenvalue weighted by atomic mass is 31.3. The van der Waals surface area contributed by atoms with Crippen LogP contribution in [0.4, 0.5) is 0 Å². The number of hydrogen-bond acceptors (Lipinski definition) is 0. The predicted octanol–water partition coefficient (Wildman–Crippen LogP) is 10.1. The highest BCUT2D eigenvalue weighted by Crippen LogP contribution is 2.88. The third-order valence-corrected chi connectivity index (χ3v) is 25.4. The zero-order valence-corrected chi connectivity index (χ0v) is 33.0. The van der Waals surface area contributed by atoms with Crippen molar-refractivity contribution in [1.29, 1.82) is 0 Å². The maximum Gasteiger partial charge on any atom is 0.0818 e. The van der Waals surface area contributed by atoms with Crippen LogP contribution in [-0.2, 0) is 0 Å². The average molecular weight is 753 g/mol. The molecule has 0 aliphatic carbocycles. The summed E-state index contributed by atoms with van der Waals surface area (Å²) in [6.45, 7) is 0. The van der Waals surface area contributed by atoms with Crippen LogP contribution in [0.5, 0.6) is 0 Å². The summed E-state index contributed by atoms with van der Waals surface area (Å²) < 4.78 is -0.341. The van der Waals surface area contributed by atoms with E-state index in [9.17, 15) is 0 Å². The second kappa shape index (κ2) is 17.1. The average Bonchev–Trinajstić information content (AvgIpc) is 3.24. The van der Waals surface area contributed by atoms with E-state index in [1.54, 1.807) is 0 Å². The van der Waals surface area contributed by atoms with Gasteiger partial charge in [-0.25, -0.2) is 0 Å². The third kappa shape index (κ3) is 7.36. The quantitative estimate of drug-likeness (QED) is 0.109. The summed E-state index contributed by atoms with van der Waals surface area (Å²) in [6, 6.07) is 92.2. The van der Waals surface area contributed by atoms with E-state index in [2.05, 4.69) is 243 Å². The van der Waals surface area contributed by atoms with E-state index < -0.39 is 31.7 Å². The summed E-state index contributed by atoms with van der Waals surface area (Å²) in [5, 5.41) is 11.3. The largest absolute Gasteiger partial charge is 0.0818 e. The molecule has 0 bridgehead atoms. The summed E-state index contributed by atoms with van der Waals surface area (Å²) in [6.07, 6.45) is 0. The van der Waals surface area contributed by atoms with Gasteiger partial charge in [0.05, 0.1) is 4.38 Å². The first kappa shape index (κ1) is 35.5. The molecule has 0 aliphatic rings. The van der Waals surface area contributed by atoms with Crippen LogP contribution in [0.15, 0.2) is 243 Å². The molecule has 0 nitrogen and oxygen atoms in total. The van der Waals surface area contributed by atoms with E-state index >= 15 is 0 Å². The molecule has 0 saturated heterocycles. The van der Waals surface area contributed by atoms with Crippen LogP contribution in [0.2, 0.25) is 0 Å². The van der Waals surface area contributed by atoms with Crippen molar-refractivity contribution in [3.63, 3.8) is 0 Å². The molecule has 0 amide bonds. The molecule has 0 fully saturated rings. The lowest BCUT2D eigenvalue weighted by Crippen LogP contribution is -2.44. The van der Waals surface area contributed by atoms with E-state index in [0.29, 0.717) is 0 Å². The Morgan fingerprint density at radius 2 is 0.283 bits per heavy atom. The van der Waals surface area contributed by atoms with Crippen molar-refractivity contribution in [3.8, 4) is 0 Å². The molecule has 0 unspecified atom stereocenters. The van der Waals surface area contributed by atoms with Crippen molar-refractivity contribution in [2.75, 3.05) is 0 Å². The Morgan fingerprint density at radius 1 is 0.170 bits per heavy atom. The lowest BCUT2D eigenvalue weighted by Gasteiger charge is -2.56. The fraction of sp³-hybridized carbons (Fsp3) is 0.0204. The molecule has 8 aromatic carbocycles. The van der Waals surface area contributed by atoms with E-state index in [-0.39, 0.29) is 4.38 Å². The molecule has 0 spiro atoms. The van der Waals surface area contributed by atoms with Crippen molar-refractivity contribution >= 4 is 74.1 Å². The summed E-state index contributed by atoms with van der Waals surface area (Å²) in [4.78, 5) is 0. The molecular weight excluding hydrogens is 712 g/mol. The van der Waals surface area contributed by atoms with E-state index in [1.165, 1.54) is 42.4 Å². The van der Waals surface area contributed by atoms with E-state index in [1.807, 2.05) is 0 Å². The Morgan fingerprint density at radius 3 is 0.396 bits per heavy atom. The topological polar surface area (TPSA) is 0 Å². The normalized spacial score (nSPS) is 11.7.